The van der Waals surface area contributed by atoms with Crippen LogP contribution in [0, 0.1) is 0 Å². The lowest BCUT2D eigenvalue weighted by Crippen LogP contribution is -2.26. The third kappa shape index (κ3) is 2.22. The minimum atomic E-state index is -3.22. The molecule has 0 N–H and O–H groups in total. The molecule has 0 heterocycles. The van der Waals surface area contributed by atoms with Crippen LogP contribution in [0.3, 0.4) is 0 Å². The molecule has 1 aliphatic carbocycles. The van der Waals surface area contributed by atoms with E-state index in [-0.39, 0.29) is 5.25 Å². The molecule has 0 radical (unpaired) electrons. The van der Waals surface area contributed by atoms with Crippen LogP contribution in [0.2, 0.25) is 0 Å². The van der Waals surface area contributed by atoms with Crippen molar-refractivity contribution in [2.45, 2.75) is 16.6 Å². The lowest BCUT2D eigenvalue weighted by Gasteiger charge is -2.25. The quantitative estimate of drug-likeness (QED) is 0.857. The van der Waals surface area contributed by atoms with E-state index < -0.39 is 9.84 Å². The average Bonchev–Trinajstić information content (AvgIpc) is 2.39. The molecular weight excluding hydrogens is 256 g/mol. The van der Waals surface area contributed by atoms with Gasteiger partial charge in [-0.15, -0.1) is 0 Å². The lowest BCUT2D eigenvalue weighted by molar-refractivity contribution is 0.586. The minimum Gasteiger partial charge on any atom is -0.223 e. The molecule has 2 aromatic rings. The Hall–Kier alpha value is -1.87. The Balaban J connectivity index is 1.86. The summed E-state index contributed by atoms with van der Waals surface area (Å²) < 4.78 is 24.7. The van der Waals surface area contributed by atoms with E-state index >= 15 is 0 Å². The van der Waals surface area contributed by atoms with Gasteiger partial charge in [0.15, 0.2) is 9.84 Å². The molecule has 1 atom stereocenters. The Morgan fingerprint density at radius 2 is 1.37 bits per heavy atom. The van der Waals surface area contributed by atoms with Gasteiger partial charge in [0.2, 0.25) is 0 Å². The van der Waals surface area contributed by atoms with Crippen LogP contribution in [0.1, 0.15) is 12.0 Å². The molecule has 0 aromatic heterocycles. The van der Waals surface area contributed by atoms with E-state index in [1.54, 1.807) is 24.3 Å². The van der Waals surface area contributed by atoms with Crippen molar-refractivity contribution in [3.8, 4) is 0 Å². The van der Waals surface area contributed by atoms with Gasteiger partial charge in [-0.3, -0.25) is 0 Å². The van der Waals surface area contributed by atoms with Gasteiger partial charge in [0.05, 0.1) is 10.1 Å². The number of hydrogen-bond donors (Lipinski definition) is 0. The van der Waals surface area contributed by atoms with Crippen molar-refractivity contribution in [1.82, 2.24) is 0 Å². The van der Waals surface area contributed by atoms with Crippen molar-refractivity contribution in [1.29, 1.82) is 0 Å². The summed E-state index contributed by atoms with van der Waals surface area (Å²) in [5.74, 6) is 0. The molecule has 0 saturated heterocycles. The maximum atomic E-state index is 12.3. The molecule has 96 valence electrons. The summed E-state index contributed by atoms with van der Waals surface area (Å²) in [5.41, 5.74) is 2.23. The predicted octanol–water partition coefficient (Wildman–Crippen LogP) is 3.32. The van der Waals surface area contributed by atoms with Crippen molar-refractivity contribution in [2.75, 3.05) is 0 Å². The molecular formula is C16H14O2S. The van der Waals surface area contributed by atoms with E-state index in [1.807, 2.05) is 42.5 Å². The van der Waals surface area contributed by atoms with Gasteiger partial charge in [-0.2, -0.15) is 0 Å². The maximum Gasteiger partial charge on any atom is 0.185 e. The van der Waals surface area contributed by atoms with Gasteiger partial charge in [0.25, 0.3) is 0 Å². The molecule has 0 aliphatic heterocycles. The van der Waals surface area contributed by atoms with E-state index in [2.05, 4.69) is 0 Å². The fourth-order valence-corrected chi connectivity index (χ4v) is 3.89. The Labute approximate surface area is 113 Å². The van der Waals surface area contributed by atoms with E-state index in [9.17, 15) is 8.42 Å². The van der Waals surface area contributed by atoms with Gasteiger partial charge in [0.1, 0.15) is 0 Å². The molecule has 2 nitrogen and oxygen atoms in total. The highest BCUT2D eigenvalue weighted by atomic mass is 32.2. The first-order valence-electron chi connectivity index (χ1n) is 6.23. The van der Waals surface area contributed by atoms with E-state index in [1.165, 1.54) is 0 Å². The maximum absolute atomic E-state index is 12.3. The fourth-order valence-electron chi connectivity index (χ4n) is 2.26. The van der Waals surface area contributed by atoms with Gasteiger partial charge in [-0.25, -0.2) is 8.42 Å². The molecule has 1 aliphatic rings. The zero-order valence-electron chi connectivity index (χ0n) is 10.4. The van der Waals surface area contributed by atoms with Gasteiger partial charge in [-0.05, 0) is 29.7 Å². The van der Waals surface area contributed by atoms with E-state index in [0.29, 0.717) is 11.3 Å². The molecule has 3 rings (SSSR count). The van der Waals surface area contributed by atoms with E-state index in [0.717, 1.165) is 11.1 Å². The highest BCUT2D eigenvalue weighted by Crippen LogP contribution is 2.35. The predicted molar refractivity (Wildman–Crippen MR) is 76.5 cm³/mol. The Bertz CT molecular complexity index is 701. The third-order valence-electron chi connectivity index (χ3n) is 3.42. The monoisotopic (exact) mass is 270 g/mol. The van der Waals surface area contributed by atoms with Crippen LogP contribution in [-0.2, 0) is 9.84 Å². The summed E-state index contributed by atoms with van der Waals surface area (Å²) in [6.07, 6.45) is 2.46. The number of rotatable bonds is 3. The van der Waals surface area contributed by atoms with Gasteiger partial charge < -0.3 is 0 Å². The molecule has 0 amide bonds. The highest BCUT2D eigenvalue weighted by molar-refractivity contribution is 7.92. The van der Waals surface area contributed by atoms with Crippen molar-refractivity contribution in [3.63, 3.8) is 0 Å². The second-order valence-electron chi connectivity index (χ2n) is 4.66. The standard InChI is InChI=1S/C16H14O2S/c17-19(18,15-9-5-2-6-10-15)16-11-14(12-16)13-7-3-1-4-8-13/h1-11,16H,12H2. The second-order valence-corrected chi connectivity index (χ2v) is 6.83. The summed E-state index contributed by atoms with van der Waals surface area (Å²) in [5, 5.41) is -0.384. The lowest BCUT2D eigenvalue weighted by atomic mass is 9.91. The van der Waals surface area contributed by atoms with Crippen LogP contribution in [0.25, 0.3) is 5.57 Å². The molecule has 19 heavy (non-hydrogen) atoms. The first kappa shape index (κ1) is 12.2. The van der Waals surface area contributed by atoms with Crippen LogP contribution in [0.15, 0.2) is 71.6 Å². The summed E-state index contributed by atoms with van der Waals surface area (Å²) in [6, 6.07) is 18.6. The molecule has 0 bridgehead atoms. The van der Waals surface area contributed by atoms with Crippen LogP contribution in [0.5, 0.6) is 0 Å². The molecule has 3 heteroatoms. The smallest absolute Gasteiger partial charge is 0.185 e. The van der Waals surface area contributed by atoms with Crippen LogP contribution < -0.4 is 0 Å². The SMILES string of the molecule is O=S(=O)(c1ccccc1)C1C=C(c2ccccc2)C1. The summed E-state index contributed by atoms with van der Waals surface area (Å²) in [4.78, 5) is 0.406. The largest absolute Gasteiger partial charge is 0.223 e. The number of allylic oxidation sites excluding steroid dienone is 1. The third-order valence-corrected chi connectivity index (χ3v) is 5.45. The molecule has 0 fully saturated rings. The van der Waals surface area contributed by atoms with Crippen LogP contribution in [0.4, 0.5) is 0 Å². The Morgan fingerprint density at radius 1 is 0.842 bits per heavy atom. The van der Waals surface area contributed by atoms with E-state index in [4.69, 9.17) is 0 Å². The van der Waals surface area contributed by atoms with Gasteiger partial charge >= 0.3 is 0 Å². The number of hydrogen-bond acceptors (Lipinski definition) is 2. The summed E-state index contributed by atoms with van der Waals surface area (Å²) in [6.45, 7) is 0. The first-order valence-corrected chi connectivity index (χ1v) is 7.77. The highest BCUT2D eigenvalue weighted by Gasteiger charge is 2.32. The molecule has 0 spiro atoms. The Kier molecular flexibility index (Phi) is 2.99. The van der Waals surface area contributed by atoms with Crippen LogP contribution in [-0.4, -0.2) is 13.7 Å². The topological polar surface area (TPSA) is 34.1 Å². The first-order chi connectivity index (χ1) is 9.18. The summed E-state index contributed by atoms with van der Waals surface area (Å²) in [7, 11) is -3.22. The van der Waals surface area contributed by atoms with Gasteiger partial charge in [-0.1, -0.05) is 54.6 Å². The average molecular weight is 270 g/mol. The van der Waals surface area contributed by atoms with Crippen molar-refractivity contribution in [3.05, 3.63) is 72.3 Å². The Morgan fingerprint density at radius 3 is 1.95 bits per heavy atom. The van der Waals surface area contributed by atoms with Gasteiger partial charge in [0, 0.05) is 0 Å². The summed E-state index contributed by atoms with van der Waals surface area (Å²) >= 11 is 0. The molecule has 2 aromatic carbocycles. The van der Waals surface area contributed by atoms with Crippen molar-refractivity contribution in [2.24, 2.45) is 0 Å². The van der Waals surface area contributed by atoms with Crippen molar-refractivity contribution >= 4 is 15.4 Å². The van der Waals surface area contributed by atoms with Crippen molar-refractivity contribution < 1.29 is 8.42 Å². The zero-order chi connectivity index (χ0) is 13.3. The molecule has 0 saturated carbocycles. The molecule has 1 unspecified atom stereocenters. The normalized spacial score (nSPS) is 18.5. The zero-order valence-corrected chi connectivity index (χ0v) is 11.2. The minimum absolute atomic E-state index is 0.384. The second kappa shape index (κ2) is 4.67. The number of benzene rings is 2. The van der Waals surface area contributed by atoms with Crippen LogP contribution >= 0.6 is 0 Å². The number of sulfone groups is 1. The fraction of sp³-hybridized carbons (Fsp3) is 0.125.